The predicted octanol–water partition coefficient (Wildman–Crippen LogP) is 3.50. The number of aliphatic carboxylic acids is 2. The van der Waals surface area contributed by atoms with E-state index in [1.54, 1.807) is 9.80 Å². The highest BCUT2D eigenvalue weighted by molar-refractivity contribution is 6.06. The molecule has 2 aliphatic carbocycles. The summed E-state index contributed by atoms with van der Waals surface area (Å²) in [6.07, 6.45) is 3.33. The summed E-state index contributed by atoms with van der Waals surface area (Å²) < 4.78 is 5.83. The molecule has 9 nitrogen and oxygen atoms in total. The van der Waals surface area contributed by atoms with E-state index in [0.29, 0.717) is 25.7 Å². The van der Waals surface area contributed by atoms with Crippen molar-refractivity contribution in [2.45, 2.75) is 61.4 Å². The Morgan fingerprint density at radius 2 is 1.07 bits per heavy atom. The van der Waals surface area contributed by atoms with Crippen LogP contribution in [0.5, 0.6) is 0 Å². The van der Waals surface area contributed by atoms with Crippen molar-refractivity contribution in [3.05, 3.63) is 71.8 Å². The number of carboxylic acid groups (broad SMARTS) is 2. The molecule has 6 unspecified atom stereocenters. The lowest BCUT2D eigenvalue weighted by Crippen LogP contribution is -2.41. The van der Waals surface area contributed by atoms with Gasteiger partial charge in [0.2, 0.25) is 11.8 Å². The van der Waals surface area contributed by atoms with Gasteiger partial charge >= 0.3 is 11.9 Å². The molecule has 2 N–H and O–H groups in total. The fourth-order valence-electron chi connectivity index (χ4n) is 7.86. The second-order valence-electron chi connectivity index (χ2n) is 11.9. The van der Waals surface area contributed by atoms with Crippen LogP contribution in [0.25, 0.3) is 0 Å². The molecule has 0 radical (unpaired) electrons. The molecule has 0 bridgehead atoms. The lowest BCUT2D eigenvalue weighted by atomic mass is 9.71. The summed E-state index contributed by atoms with van der Waals surface area (Å²) in [7, 11) is 0. The molecule has 6 atom stereocenters. The molecule has 0 aromatic heterocycles. The normalized spacial score (nSPS) is 32.4. The molecule has 2 saturated carbocycles. The number of nitrogens with zero attached hydrogens (tertiary/aromatic N) is 2. The van der Waals surface area contributed by atoms with E-state index in [1.807, 2.05) is 60.7 Å². The van der Waals surface area contributed by atoms with Gasteiger partial charge in [-0.15, -0.1) is 0 Å². The zero-order valence-electron chi connectivity index (χ0n) is 23.0. The van der Waals surface area contributed by atoms with Crippen molar-refractivity contribution in [1.82, 2.24) is 9.80 Å². The lowest BCUT2D eigenvalue weighted by Gasteiger charge is -2.33. The van der Waals surface area contributed by atoms with E-state index in [4.69, 9.17) is 4.74 Å². The first-order chi connectivity index (χ1) is 19.8. The second-order valence-corrected chi connectivity index (χ2v) is 11.9. The van der Waals surface area contributed by atoms with Crippen LogP contribution in [0.1, 0.15) is 61.5 Å². The molecule has 2 spiro atoms. The molecule has 4 aliphatic rings. The summed E-state index contributed by atoms with van der Waals surface area (Å²) in [6, 6.07) is 19.9. The van der Waals surface area contributed by atoms with Gasteiger partial charge in [0.25, 0.3) is 0 Å². The van der Waals surface area contributed by atoms with E-state index in [-0.39, 0.29) is 50.0 Å². The lowest BCUT2D eigenvalue weighted by molar-refractivity contribution is -0.146. The molecule has 216 valence electrons. The summed E-state index contributed by atoms with van der Waals surface area (Å²) in [5.74, 6) is -3.35. The van der Waals surface area contributed by atoms with E-state index in [0.717, 1.165) is 24.0 Å². The van der Waals surface area contributed by atoms with Gasteiger partial charge in [-0.05, 0) is 61.5 Å². The van der Waals surface area contributed by atoms with Gasteiger partial charge in [0.1, 0.15) is 11.1 Å². The third-order valence-corrected chi connectivity index (χ3v) is 10.0. The number of carboxylic acids is 2. The molecule has 2 heterocycles. The first-order valence-electron chi connectivity index (χ1n) is 14.6. The minimum atomic E-state index is -0.989. The Kier molecular flexibility index (Phi) is 7.09. The monoisotopic (exact) mass is 560 g/mol. The van der Waals surface area contributed by atoms with Gasteiger partial charge in [-0.2, -0.15) is 0 Å². The first-order valence-corrected chi connectivity index (χ1v) is 14.6. The fourth-order valence-corrected chi connectivity index (χ4v) is 7.86. The molecule has 6 rings (SSSR count). The molecule has 2 amide bonds. The minimum absolute atomic E-state index is 0.129. The SMILES string of the molecule is O=C(O)C1CCC(c2ccccc2)CC12C(=O)N2CCOCCN1C(=O)C12CC(c1ccccc1)CCC2C(=O)O. The minimum Gasteiger partial charge on any atom is -0.481 e. The number of rotatable bonds is 10. The summed E-state index contributed by atoms with van der Waals surface area (Å²) >= 11 is 0. The molecule has 41 heavy (non-hydrogen) atoms. The van der Waals surface area contributed by atoms with Gasteiger partial charge in [-0.3, -0.25) is 19.2 Å². The Labute approximate surface area is 239 Å². The Balaban J connectivity index is 1.04. The van der Waals surface area contributed by atoms with Gasteiger partial charge in [0.15, 0.2) is 0 Å². The summed E-state index contributed by atoms with van der Waals surface area (Å²) in [5.41, 5.74) is 0.273. The molecule has 2 aromatic rings. The Morgan fingerprint density at radius 1 is 0.683 bits per heavy atom. The number of benzene rings is 2. The number of hydrogen-bond donors (Lipinski definition) is 2. The highest BCUT2D eigenvalue weighted by atomic mass is 16.5. The topological polar surface area (TPSA) is 124 Å². The van der Waals surface area contributed by atoms with E-state index < -0.39 is 34.9 Å². The van der Waals surface area contributed by atoms with Crippen LogP contribution in [-0.4, -0.2) is 81.1 Å². The van der Waals surface area contributed by atoms with Crippen LogP contribution in [0.4, 0.5) is 0 Å². The third-order valence-electron chi connectivity index (χ3n) is 10.0. The van der Waals surface area contributed by atoms with Crippen molar-refractivity contribution in [1.29, 1.82) is 0 Å². The maximum Gasteiger partial charge on any atom is 0.309 e. The largest absolute Gasteiger partial charge is 0.481 e. The van der Waals surface area contributed by atoms with Crippen molar-refractivity contribution >= 4 is 23.8 Å². The van der Waals surface area contributed by atoms with Gasteiger partial charge in [0.05, 0.1) is 25.0 Å². The average Bonchev–Trinajstić information content (AvgIpc) is 3.75. The Bertz CT molecular complexity index is 1230. The standard InChI is InChI=1S/C32H36N2O7/c35-27(36)25-13-11-23(21-7-3-1-4-8-21)19-31(25)29(39)33(31)15-17-41-18-16-34-30(40)32(34)20-24(12-14-26(32)28(37)38)22-9-5-2-6-10-22/h1-10,23-26H,11-20H2,(H,35,36)(H,37,38). The zero-order valence-corrected chi connectivity index (χ0v) is 23.0. The van der Waals surface area contributed by atoms with Gasteiger partial charge < -0.3 is 24.7 Å². The second kappa shape index (κ2) is 10.6. The van der Waals surface area contributed by atoms with E-state index >= 15 is 0 Å². The summed E-state index contributed by atoms with van der Waals surface area (Å²) in [4.78, 5) is 53.6. The van der Waals surface area contributed by atoms with Crippen molar-refractivity contribution in [2.75, 3.05) is 26.3 Å². The van der Waals surface area contributed by atoms with E-state index in [2.05, 4.69) is 0 Å². The van der Waals surface area contributed by atoms with Crippen LogP contribution in [0.2, 0.25) is 0 Å². The molecule has 2 aromatic carbocycles. The van der Waals surface area contributed by atoms with Gasteiger partial charge in [0, 0.05) is 13.1 Å². The number of carbonyl (C=O) groups excluding carboxylic acids is 2. The van der Waals surface area contributed by atoms with E-state index in [1.165, 1.54) is 0 Å². The summed E-state index contributed by atoms with van der Waals surface area (Å²) in [5, 5.41) is 19.8. The Hall–Kier alpha value is -3.72. The van der Waals surface area contributed by atoms with Crippen LogP contribution in [-0.2, 0) is 23.9 Å². The van der Waals surface area contributed by atoms with Crippen LogP contribution >= 0.6 is 0 Å². The number of amides is 2. The highest BCUT2D eigenvalue weighted by Crippen LogP contribution is 2.55. The van der Waals surface area contributed by atoms with Crippen LogP contribution in [0.15, 0.2) is 60.7 Å². The molecule has 9 heteroatoms. The average molecular weight is 561 g/mol. The van der Waals surface area contributed by atoms with Crippen molar-refractivity contribution < 1.29 is 34.1 Å². The third kappa shape index (κ3) is 4.60. The summed E-state index contributed by atoms with van der Waals surface area (Å²) in [6.45, 7) is 1.02. The van der Waals surface area contributed by atoms with Crippen molar-refractivity contribution in [2.24, 2.45) is 11.8 Å². The van der Waals surface area contributed by atoms with Crippen molar-refractivity contribution in [3.63, 3.8) is 0 Å². The maximum atomic E-state index is 13.1. The number of ether oxygens (including phenoxy) is 1. The van der Waals surface area contributed by atoms with Gasteiger partial charge in [-0.25, -0.2) is 0 Å². The molecule has 4 fully saturated rings. The predicted molar refractivity (Wildman–Crippen MR) is 148 cm³/mol. The van der Waals surface area contributed by atoms with Crippen molar-refractivity contribution in [3.8, 4) is 0 Å². The van der Waals surface area contributed by atoms with Gasteiger partial charge in [-0.1, -0.05) is 60.7 Å². The smallest absolute Gasteiger partial charge is 0.309 e. The van der Waals surface area contributed by atoms with Crippen LogP contribution < -0.4 is 0 Å². The molecule has 2 aliphatic heterocycles. The maximum absolute atomic E-state index is 13.1. The number of carbonyl (C=O) groups is 4. The first kappa shape index (κ1) is 27.4. The fraction of sp³-hybridized carbons (Fsp3) is 0.500. The van der Waals surface area contributed by atoms with E-state index in [9.17, 15) is 29.4 Å². The zero-order chi connectivity index (χ0) is 28.8. The quantitative estimate of drug-likeness (QED) is 0.337. The highest BCUT2D eigenvalue weighted by Gasteiger charge is 2.71. The van der Waals surface area contributed by atoms with Crippen LogP contribution in [0.3, 0.4) is 0 Å². The Morgan fingerprint density at radius 3 is 1.44 bits per heavy atom. The number of hydrogen-bond acceptors (Lipinski definition) is 5. The molecule has 2 saturated heterocycles. The van der Waals surface area contributed by atoms with Crippen LogP contribution in [0, 0.1) is 11.8 Å². The molecular weight excluding hydrogens is 524 g/mol. The molecular formula is C32H36N2O7.